The van der Waals surface area contributed by atoms with Gasteiger partial charge in [0.25, 0.3) is 0 Å². The third-order valence-corrected chi connectivity index (χ3v) is 3.81. The van der Waals surface area contributed by atoms with Crippen LogP contribution in [0.3, 0.4) is 0 Å². The largest absolute Gasteiger partial charge is 0.312 e. The smallest absolute Gasteiger partial charge is 0.223 e. The van der Waals surface area contributed by atoms with Crippen LogP contribution in [0.2, 0.25) is 19.6 Å². The van der Waals surface area contributed by atoms with Gasteiger partial charge in [0, 0.05) is 24.7 Å². The quantitative estimate of drug-likeness (QED) is 0.517. The normalized spacial score (nSPS) is 13.9. The van der Waals surface area contributed by atoms with Crippen molar-refractivity contribution in [3.8, 4) is 11.5 Å². The molecule has 0 N–H and O–H groups in total. The third-order valence-electron chi connectivity index (χ3n) is 2.94. The highest BCUT2D eigenvalue weighted by molar-refractivity contribution is 6.83. The summed E-state index contributed by atoms with van der Waals surface area (Å²) < 4.78 is 0. The van der Waals surface area contributed by atoms with Crippen LogP contribution >= 0.6 is 0 Å². The molecule has 0 saturated heterocycles. The van der Waals surface area contributed by atoms with Gasteiger partial charge in [-0.15, -0.1) is 5.54 Å². The fourth-order valence-corrected chi connectivity index (χ4v) is 2.59. The molecule has 0 unspecified atom stereocenters. The molecule has 1 aromatic carbocycles. The van der Waals surface area contributed by atoms with Crippen LogP contribution in [-0.2, 0) is 11.2 Å². The van der Waals surface area contributed by atoms with E-state index >= 15 is 0 Å². The molecule has 94 valence electrons. The van der Waals surface area contributed by atoms with E-state index in [1.807, 2.05) is 17.0 Å². The van der Waals surface area contributed by atoms with Crippen molar-refractivity contribution in [3.63, 3.8) is 0 Å². The van der Waals surface area contributed by atoms with Gasteiger partial charge in [-0.1, -0.05) is 25.6 Å². The van der Waals surface area contributed by atoms with Crippen LogP contribution in [0.1, 0.15) is 18.1 Å². The van der Waals surface area contributed by atoms with Gasteiger partial charge in [0.05, 0.1) is 0 Å². The van der Waals surface area contributed by atoms with Crippen molar-refractivity contribution in [2.45, 2.75) is 33.0 Å². The molecule has 1 aromatic rings. The maximum atomic E-state index is 11.5. The number of hydrogen-bond acceptors (Lipinski definition) is 1. The number of carbonyl (C=O) groups is 1. The average Bonchev–Trinajstić information content (AvgIpc) is 2.68. The van der Waals surface area contributed by atoms with E-state index in [0.717, 1.165) is 24.2 Å². The summed E-state index contributed by atoms with van der Waals surface area (Å²) in [6, 6.07) is 6.18. The Morgan fingerprint density at radius 1 is 1.33 bits per heavy atom. The number of benzene rings is 1. The lowest BCUT2D eigenvalue weighted by Gasteiger charge is -2.14. The maximum Gasteiger partial charge on any atom is 0.223 e. The van der Waals surface area contributed by atoms with Crippen molar-refractivity contribution in [1.82, 2.24) is 0 Å². The molecule has 1 aliphatic heterocycles. The van der Waals surface area contributed by atoms with E-state index in [-0.39, 0.29) is 5.91 Å². The topological polar surface area (TPSA) is 20.3 Å². The van der Waals surface area contributed by atoms with Crippen molar-refractivity contribution >= 4 is 19.7 Å². The zero-order valence-electron chi connectivity index (χ0n) is 11.5. The first-order chi connectivity index (χ1) is 8.37. The van der Waals surface area contributed by atoms with Crippen LogP contribution in [0, 0.1) is 11.5 Å². The van der Waals surface area contributed by atoms with Gasteiger partial charge in [-0.2, -0.15) is 0 Å². The first-order valence-electron chi connectivity index (χ1n) is 6.31. The molecule has 0 radical (unpaired) electrons. The fourth-order valence-electron chi connectivity index (χ4n) is 2.07. The molecule has 1 amide bonds. The second-order valence-electron chi connectivity index (χ2n) is 5.76. The summed E-state index contributed by atoms with van der Waals surface area (Å²) in [4.78, 5) is 13.3. The Bertz CT molecular complexity index is 546. The minimum atomic E-state index is -1.32. The van der Waals surface area contributed by atoms with Crippen molar-refractivity contribution in [2.24, 2.45) is 0 Å². The van der Waals surface area contributed by atoms with Gasteiger partial charge < -0.3 is 4.90 Å². The summed E-state index contributed by atoms with van der Waals surface area (Å²) in [5.41, 5.74) is 6.74. The van der Waals surface area contributed by atoms with E-state index in [4.69, 9.17) is 0 Å². The number of rotatable bonds is 0. The highest BCUT2D eigenvalue weighted by Gasteiger charge is 2.21. The Morgan fingerprint density at radius 3 is 2.67 bits per heavy atom. The van der Waals surface area contributed by atoms with Gasteiger partial charge in [0.2, 0.25) is 5.91 Å². The summed E-state index contributed by atoms with van der Waals surface area (Å²) in [6.45, 7) is 9.14. The number of nitrogens with zero attached hydrogens (tertiary/aromatic N) is 1. The van der Waals surface area contributed by atoms with E-state index in [1.54, 1.807) is 6.92 Å². The van der Waals surface area contributed by atoms with Crippen molar-refractivity contribution in [3.05, 3.63) is 29.3 Å². The number of fused-ring (bicyclic) bond motifs is 1. The van der Waals surface area contributed by atoms with Crippen LogP contribution < -0.4 is 4.90 Å². The first kappa shape index (κ1) is 12.9. The van der Waals surface area contributed by atoms with Gasteiger partial charge in [-0.3, -0.25) is 4.79 Å². The van der Waals surface area contributed by atoms with E-state index < -0.39 is 8.07 Å². The van der Waals surface area contributed by atoms with E-state index in [2.05, 4.69) is 37.2 Å². The molecule has 1 heterocycles. The molecule has 0 spiro atoms. The molecule has 2 nitrogen and oxygen atoms in total. The van der Waals surface area contributed by atoms with E-state index in [1.165, 1.54) is 5.56 Å². The Morgan fingerprint density at radius 2 is 2.06 bits per heavy atom. The van der Waals surface area contributed by atoms with Crippen LogP contribution in [0.5, 0.6) is 0 Å². The highest BCUT2D eigenvalue weighted by Crippen LogP contribution is 2.28. The lowest BCUT2D eigenvalue weighted by molar-refractivity contribution is -0.116. The Hall–Kier alpha value is -1.53. The van der Waals surface area contributed by atoms with Crippen molar-refractivity contribution in [1.29, 1.82) is 0 Å². The molecule has 0 aromatic heterocycles. The van der Waals surface area contributed by atoms with E-state index in [0.29, 0.717) is 0 Å². The van der Waals surface area contributed by atoms with E-state index in [9.17, 15) is 4.79 Å². The molecule has 3 heteroatoms. The molecular weight excluding hydrogens is 238 g/mol. The summed E-state index contributed by atoms with van der Waals surface area (Å²) >= 11 is 0. The molecule has 0 aliphatic carbocycles. The lowest BCUT2D eigenvalue weighted by atomic mass is 10.1. The summed E-state index contributed by atoms with van der Waals surface area (Å²) in [7, 11) is -1.32. The third kappa shape index (κ3) is 2.83. The monoisotopic (exact) mass is 257 g/mol. The average molecular weight is 257 g/mol. The minimum absolute atomic E-state index is 0.120. The maximum absolute atomic E-state index is 11.5. The summed E-state index contributed by atoms with van der Waals surface area (Å²) in [5.74, 6) is 3.39. The van der Waals surface area contributed by atoms with Gasteiger partial charge in [-0.05, 0) is 30.2 Å². The standard InChI is InChI=1S/C15H19NOSi/c1-12(17)16-9-7-14-11-13(5-6-15(14)16)8-10-18(2,3)4/h5-6,11H,7,9H2,1-4H3. The van der Waals surface area contributed by atoms with Crippen LogP contribution in [-0.4, -0.2) is 20.5 Å². The van der Waals surface area contributed by atoms with Gasteiger partial charge in [0.15, 0.2) is 0 Å². The second-order valence-corrected chi connectivity index (χ2v) is 10.5. The molecule has 0 fully saturated rings. The van der Waals surface area contributed by atoms with Crippen LogP contribution in [0.4, 0.5) is 5.69 Å². The summed E-state index contributed by atoms with van der Waals surface area (Å²) in [6.07, 6.45) is 0.942. The Labute approximate surface area is 110 Å². The van der Waals surface area contributed by atoms with Crippen LogP contribution in [0.15, 0.2) is 18.2 Å². The SMILES string of the molecule is CC(=O)N1CCc2cc(C#C[Si](C)(C)C)ccc21. The molecule has 0 bridgehead atoms. The highest BCUT2D eigenvalue weighted by atomic mass is 28.3. The van der Waals surface area contributed by atoms with Crippen LogP contribution in [0.25, 0.3) is 0 Å². The number of hydrogen-bond donors (Lipinski definition) is 0. The van der Waals surface area contributed by atoms with Crippen molar-refractivity contribution in [2.75, 3.05) is 11.4 Å². The van der Waals surface area contributed by atoms with Crippen molar-refractivity contribution < 1.29 is 4.79 Å². The number of anilines is 1. The fraction of sp³-hybridized carbons (Fsp3) is 0.400. The summed E-state index contributed by atoms with van der Waals surface area (Å²) in [5, 5.41) is 0. The molecule has 0 atom stereocenters. The number of carbonyl (C=O) groups excluding carboxylic acids is 1. The Kier molecular flexibility index (Phi) is 3.31. The predicted octanol–water partition coefficient (Wildman–Crippen LogP) is 2.82. The molecule has 2 rings (SSSR count). The molecule has 1 aliphatic rings. The zero-order valence-corrected chi connectivity index (χ0v) is 12.5. The lowest BCUT2D eigenvalue weighted by Crippen LogP contribution is -2.25. The molecule has 0 saturated carbocycles. The predicted molar refractivity (Wildman–Crippen MR) is 78.4 cm³/mol. The Balaban J connectivity index is 2.30. The van der Waals surface area contributed by atoms with Gasteiger partial charge >= 0.3 is 0 Å². The van der Waals surface area contributed by atoms with Gasteiger partial charge in [0.1, 0.15) is 8.07 Å². The molecular formula is C15H19NOSi. The second kappa shape index (κ2) is 4.62. The number of amides is 1. The van der Waals surface area contributed by atoms with Gasteiger partial charge in [-0.25, -0.2) is 0 Å². The molecule has 18 heavy (non-hydrogen) atoms. The zero-order chi connectivity index (χ0) is 13.3. The minimum Gasteiger partial charge on any atom is -0.312 e. The first-order valence-corrected chi connectivity index (χ1v) is 9.81.